The first kappa shape index (κ1) is 19.2. The van der Waals surface area contributed by atoms with Gasteiger partial charge in [0.25, 0.3) is 0 Å². The van der Waals surface area contributed by atoms with Gasteiger partial charge in [-0.25, -0.2) is 4.68 Å². The van der Waals surface area contributed by atoms with Crippen molar-refractivity contribution in [3.63, 3.8) is 0 Å². The van der Waals surface area contributed by atoms with Gasteiger partial charge in [0.1, 0.15) is 5.75 Å². The van der Waals surface area contributed by atoms with E-state index in [1.54, 1.807) is 30.1 Å². The lowest BCUT2D eigenvalue weighted by atomic mass is 10.1. The van der Waals surface area contributed by atoms with E-state index in [0.717, 1.165) is 17.0 Å². The highest BCUT2D eigenvalue weighted by molar-refractivity contribution is 5.94. The van der Waals surface area contributed by atoms with Crippen molar-refractivity contribution in [3.8, 4) is 11.4 Å². The number of aryl methyl sites for hydroxylation is 1. The first-order chi connectivity index (χ1) is 13.6. The summed E-state index contributed by atoms with van der Waals surface area (Å²) in [4.78, 5) is 24.0. The maximum atomic E-state index is 12.0. The number of aromatic nitrogens is 2. The fourth-order valence-corrected chi connectivity index (χ4v) is 2.64. The molecule has 0 atom stereocenters. The molecule has 0 saturated heterocycles. The minimum absolute atomic E-state index is 0.0671. The highest BCUT2D eigenvalue weighted by atomic mass is 16.5. The van der Waals surface area contributed by atoms with Crippen LogP contribution in [-0.2, 0) is 16.0 Å². The number of anilines is 1. The summed E-state index contributed by atoms with van der Waals surface area (Å²) in [5, 5.41) is 9.55. The number of ether oxygens (including phenoxy) is 1. The second kappa shape index (κ2) is 9.36. The lowest BCUT2D eigenvalue weighted by Crippen LogP contribution is -2.32. The zero-order valence-electron chi connectivity index (χ0n) is 15.6. The lowest BCUT2D eigenvalue weighted by Gasteiger charge is -2.08. The highest BCUT2D eigenvalue weighted by Gasteiger charge is 2.07. The van der Waals surface area contributed by atoms with E-state index >= 15 is 0 Å². The molecule has 0 aliphatic carbocycles. The van der Waals surface area contributed by atoms with E-state index in [1.165, 1.54) is 0 Å². The minimum Gasteiger partial charge on any atom is -0.497 e. The molecule has 0 aliphatic heterocycles. The third-order valence-corrected chi connectivity index (χ3v) is 4.17. The summed E-state index contributed by atoms with van der Waals surface area (Å²) in [5.74, 6) is 0.340. The van der Waals surface area contributed by atoms with Crippen molar-refractivity contribution in [2.24, 2.45) is 0 Å². The average molecular weight is 378 g/mol. The number of hydrogen-bond donors (Lipinski definition) is 2. The molecule has 3 rings (SSSR count). The van der Waals surface area contributed by atoms with Crippen molar-refractivity contribution < 1.29 is 14.3 Å². The van der Waals surface area contributed by atoms with Crippen molar-refractivity contribution in [1.82, 2.24) is 15.1 Å². The standard InChI is InChI=1S/C21H22N4O3/c1-28-19-10-3-16(4-11-19)5-12-20(26)22-15-21(27)24-17-6-8-18(9-7-17)25-14-2-13-23-25/h2-4,6-11,13-14H,5,12,15H2,1H3,(H,22,26)(H,24,27). The van der Waals surface area contributed by atoms with Crippen LogP contribution in [0.15, 0.2) is 67.0 Å². The molecular weight excluding hydrogens is 356 g/mol. The van der Waals surface area contributed by atoms with Crippen LogP contribution >= 0.6 is 0 Å². The molecule has 1 heterocycles. The van der Waals surface area contributed by atoms with Gasteiger partial charge in [0.15, 0.2) is 0 Å². The van der Waals surface area contributed by atoms with E-state index < -0.39 is 0 Å². The number of amides is 2. The van der Waals surface area contributed by atoms with Gasteiger partial charge in [-0.1, -0.05) is 12.1 Å². The van der Waals surface area contributed by atoms with Crippen molar-refractivity contribution in [2.75, 3.05) is 19.0 Å². The SMILES string of the molecule is COc1ccc(CCC(=O)NCC(=O)Nc2ccc(-n3cccn3)cc2)cc1. The van der Waals surface area contributed by atoms with E-state index in [1.807, 2.05) is 48.7 Å². The number of rotatable bonds is 8. The summed E-state index contributed by atoms with van der Waals surface area (Å²) in [5.41, 5.74) is 2.60. The quantitative estimate of drug-likeness (QED) is 0.631. The third kappa shape index (κ3) is 5.44. The Morgan fingerprint density at radius 1 is 1.04 bits per heavy atom. The van der Waals surface area contributed by atoms with Crippen LogP contribution in [0.4, 0.5) is 5.69 Å². The predicted molar refractivity (Wildman–Crippen MR) is 107 cm³/mol. The number of methoxy groups -OCH3 is 1. The summed E-state index contributed by atoms with van der Waals surface area (Å²) >= 11 is 0. The number of carbonyl (C=O) groups excluding carboxylic acids is 2. The zero-order valence-corrected chi connectivity index (χ0v) is 15.6. The van der Waals surface area contributed by atoms with Gasteiger partial charge in [-0.2, -0.15) is 5.10 Å². The Morgan fingerprint density at radius 3 is 2.43 bits per heavy atom. The average Bonchev–Trinajstić information content (AvgIpc) is 3.26. The smallest absolute Gasteiger partial charge is 0.243 e. The molecule has 0 saturated carbocycles. The van der Waals surface area contributed by atoms with E-state index in [4.69, 9.17) is 4.74 Å². The minimum atomic E-state index is -0.273. The molecule has 1 aromatic heterocycles. The Hall–Kier alpha value is -3.61. The van der Waals surface area contributed by atoms with Crippen molar-refractivity contribution >= 4 is 17.5 Å². The van der Waals surface area contributed by atoms with Crippen molar-refractivity contribution in [2.45, 2.75) is 12.8 Å². The summed E-state index contributed by atoms with van der Waals surface area (Å²) in [6.45, 7) is -0.0671. The summed E-state index contributed by atoms with van der Waals surface area (Å²) in [6, 6.07) is 16.7. The molecule has 0 radical (unpaired) electrons. The maximum absolute atomic E-state index is 12.0. The molecular formula is C21H22N4O3. The molecule has 2 amide bonds. The van der Waals surface area contributed by atoms with Gasteiger partial charge in [-0.05, 0) is 54.4 Å². The second-order valence-corrected chi connectivity index (χ2v) is 6.17. The van der Waals surface area contributed by atoms with Gasteiger partial charge in [-0.3, -0.25) is 9.59 Å². The Balaban J connectivity index is 1.40. The Labute approximate surface area is 163 Å². The molecule has 0 fully saturated rings. The number of carbonyl (C=O) groups is 2. The zero-order chi connectivity index (χ0) is 19.8. The second-order valence-electron chi connectivity index (χ2n) is 6.17. The van der Waals surface area contributed by atoms with Crippen LogP contribution in [0.2, 0.25) is 0 Å². The Bertz CT molecular complexity index is 904. The van der Waals surface area contributed by atoms with Crippen molar-refractivity contribution in [3.05, 3.63) is 72.6 Å². The molecule has 28 heavy (non-hydrogen) atoms. The van der Waals surface area contributed by atoms with Crippen LogP contribution in [0.5, 0.6) is 5.75 Å². The monoisotopic (exact) mass is 378 g/mol. The van der Waals surface area contributed by atoms with Gasteiger partial charge in [-0.15, -0.1) is 0 Å². The van der Waals surface area contributed by atoms with Gasteiger partial charge >= 0.3 is 0 Å². The molecule has 144 valence electrons. The normalized spacial score (nSPS) is 10.3. The summed E-state index contributed by atoms with van der Waals surface area (Å²) in [7, 11) is 1.61. The molecule has 3 aromatic rings. The van der Waals surface area contributed by atoms with E-state index in [-0.39, 0.29) is 18.4 Å². The number of nitrogens with zero attached hydrogens (tertiary/aromatic N) is 2. The Kier molecular flexibility index (Phi) is 6.41. The van der Waals surface area contributed by atoms with Gasteiger partial charge in [0, 0.05) is 24.5 Å². The highest BCUT2D eigenvalue weighted by Crippen LogP contribution is 2.13. The van der Waals surface area contributed by atoms with Crippen LogP contribution in [0.3, 0.4) is 0 Å². The topological polar surface area (TPSA) is 85.2 Å². The van der Waals surface area contributed by atoms with Crippen LogP contribution < -0.4 is 15.4 Å². The van der Waals surface area contributed by atoms with E-state index in [9.17, 15) is 9.59 Å². The van der Waals surface area contributed by atoms with Crippen LogP contribution in [0.1, 0.15) is 12.0 Å². The van der Waals surface area contributed by atoms with Gasteiger partial charge < -0.3 is 15.4 Å². The fourth-order valence-electron chi connectivity index (χ4n) is 2.64. The molecule has 0 unspecified atom stereocenters. The number of nitrogens with one attached hydrogen (secondary N) is 2. The van der Waals surface area contributed by atoms with Crippen molar-refractivity contribution in [1.29, 1.82) is 0 Å². The maximum Gasteiger partial charge on any atom is 0.243 e. The predicted octanol–water partition coefficient (Wildman–Crippen LogP) is 2.57. The van der Waals surface area contributed by atoms with E-state index in [0.29, 0.717) is 18.5 Å². The molecule has 7 nitrogen and oxygen atoms in total. The van der Waals surface area contributed by atoms with Crippen LogP contribution in [-0.4, -0.2) is 35.2 Å². The van der Waals surface area contributed by atoms with Crippen LogP contribution in [0.25, 0.3) is 5.69 Å². The lowest BCUT2D eigenvalue weighted by molar-refractivity contribution is -0.124. The summed E-state index contributed by atoms with van der Waals surface area (Å²) in [6.07, 6.45) is 4.46. The molecule has 2 aromatic carbocycles. The molecule has 7 heteroatoms. The van der Waals surface area contributed by atoms with Crippen LogP contribution in [0, 0.1) is 0 Å². The number of benzene rings is 2. The van der Waals surface area contributed by atoms with Gasteiger partial charge in [0.2, 0.25) is 11.8 Å². The van der Waals surface area contributed by atoms with E-state index in [2.05, 4.69) is 15.7 Å². The molecule has 0 bridgehead atoms. The largest absolute Gasteiger partial charge is 0.497 e. The molecule has 0 aliphatic rings. The number of hydrogen-bond acceptors (Lipinski definition) is 4. The first-order valence-electron chi connectivity index (χ1n) is 8.93. The fraction of sp³-hybridized carbons (Fsp3) is 0.190. The first-order valence-corrected chi connectivity index (χ1v) is 8.93. The van der Waals surface area contributed by atoms with Gasteiger partial charge in [0.05, 0.1) is 19.3 Å². The Morgan fingerprint density at radius 2 is 1.79 bits per heavy atom. The third-order valence-electron chi connectivity index (χ3n) is 4.17. The molecule has 0 spiro atoms. The summed E-state index contributed by atoms with van der Waals surface area (Å²) < 4.78 is 6.84. The molecule has 2 N–H and O–H groups in total.